The molecule has 0 radical (unpaired) electrons. The fourth-order valence-corrected chi connectivity index (χ4v) is 8.84. The monoisotopic (exact) mass is 385 g/mol. The van der Waals surface area contributed by atoms with Crippen molar-refractivity contribution in [3.63, 3.8) is 0 Å². The van der Waals surface area contributed by atoms with Gasteiger partial charge in [-0.25, -0.2) is 4.79 Å². The lowest BCUT2D eigenvalue weighted by Gasteiger charge is -2.69. The highest BCUT2D eigenvalue weighted by atomic mass is 16.5. The summed E-state index contributed by atoms with van der Waals surface area (Å²) in [6, 6.07) is 0. The molecule has 0 amide bonds. The summed E-state index contributed by atoms with van der Waals surface area (Å²) in [6.07, 6.45) is 4.61. The number of carbonyl (C=O) groups is 1. The topological polar surface area (TPSA) is 70.0 Å². The van der Waals surface area contributed by atoms with E-state index in [0.29, 0.717) is 18.3 Å². The molecule has 152 valence electrons. The summed E-state index contributed by atoms with van der Waals surface area (Å²) in [6.45, 7) is 6.40. The second kappa shape index (κ2) is 5.11. The Morgan fingerprint density at radius 1 is 1.29 bits per heavy atom. The number of ether oxygens (including phenoxy) is 1. The molecule has 0 aromatic heterocycles. The molecule has 3 fully saturated rings. The average Bonchev–Trinajstić information content (AvgIpc) is 3.29. The van der Waals surface area contributed by atoms with E-state index in [-0.39, 0.29) is 17.3 Å². The van der Waals surface area contributed by atoms with Crippen molar-refractivity contribution in [1.29, 1.82) is 0 Å². The van der Waals surface area contributed by atoms with Gasteiger partial charge in [-0.05, 0) is 72.5 Å². The molecule has 6 rings (SSSR count). The molecule has 2 N–H and O–H groups in total. The number of hydrogen-bond donors (Lipinski definition) is 2. The van der Waals surface area contributed by atoms with Crippen LogP contribution in [0.3, 0.4) is 0 Å². The maximum absolute atomic E-state index is 12.8. The maximum atomic E-state index is 12.8. The zero-order valence-corrected chi connectivity index (χ0v) is 17.1. The van der Waals surface area contributed by atoms with Gasteiger partial charge in [-0.2, -0.15) is 0 Å². The van der Waals surface area contributed by atoms with Gasteiger partial charge in [0.05, 0.1) is 13.2 Å². The van der Waals surface area contributed by atoms with Crippen LogP contribution < -0.4 is 0 Å². The summed E-state index contributed by atoms with van der Waals surface area (Å²) in [5, 5.41) is 23.8. The van der Waals surface area contributed by atoms with E-state index in [4.69, 9.17) is 4.74 Å². The van der Waals surface area contributed by atoms with E-state index in [1.165, 1.54) is 7.11 Å². The van der Waals surface area contributed by atoms with Crippen molar-refractivity contribution >= 4 is 5.97 Å². The van der Waals surface area contributed by atoms with Gasteiger partial charge in [-0.3, -0.25) is 4.90 Å². The Kier molecular flexibility index (Phi) is 3.22. The van der Waals surface area contributed by atoms with E-state index in [1.807, 2.05) is 0 Å². The number of nitrogens with zero attached hydrogens (tertiary/aromatic N) is 1. The van der Waals surface area contributed by atoms with E-state index in [2.05, 4.69) is 18.7 Å². The van der Waals surface area contributed by atoms with Crippen LogP contribution in [0.15, 0.2) is 22.3 Å². The third kappa shape index (κ3) is 1.57. The van der Waals surface area contributed by atoms with Gasteiger partial charge >= 0.3 is 5.97 Å². The molecular formula is C23H31NO4. The van der Waals surface area contributed by atoms with Crippen molar-refractivity contribution in [3.8, 4) is 0 Å². The number of aliphatic hydroxyl groups excluding tert-OH is 1. The first-order valence-corrected chi connectivity index (χ1v) is 11.0. The molecule has 0 unspecified atom stereocenters. The Morgan fingerprint density at radius 2 is 2.07 bits per heavy atom. The van der Waals surface area contributed by atoms with Gasteiger partial charge in [0.15, 0.2) is 0 Å². The van der Waals surface area contributed by atoms with Crippen LogP contribution in [0.25, 0.3) is 0 Å². The molecule has 0 aromatic rings. The van der Waals surface area contributed by atoms with Crippen LogP contribution >= 0.6 is 0 Å². The van der Waals surface area contributed by atoms with Crippen LogP contribution in [0.4, 0.5) is 0 Å². The van der Waals surface area contributed by atoms with Crippen molar-refractivity contribution in [3.05, 3.63) is 22.3 Å². The number of hydrogen-bond acceptors (Lipinski definition) is 5. The lowest BCUT2D eigenvalue weighted by molar-refractivity contribution is -0.292. The molecule has 2 heterocycles. The second-order valence-electron chi connectivity index (χ2n) is 10.6. The van der Waals surface area contributed by atoms with Crippen LogP contribution in [0, 0.1) is 28.6 Å². The van der Waals surface area contributed by atoms with E-state index in [1.54, 1.807) is 0 Å². The first-order chi connectivity index (χ1) is 13.3. The number of rotatable bonds is 1. The summed E-state index contributed by atoms with van der Waals surface area (Å²) in [5.74, 6) is 0.760. The number of methoxy groups -OCH3 is 1. The van der Waals surface area contributed by atoms with Gasteiger partial charge < -0.3 is 14.9 Å². The van der Waals surface area contributed by atoms with E-state index in [9.17, 15) is 15.0 Å². The molecule has 2 saturated heterocycles. The molecule has 0 aromatic carbocycles. The Hall–Kier alpha value is -1.17. The Balaban J connectivity index is 1.69. The van der Waals surface area contributed by atoms with Crippen LogP contribution in [0.5, 0.6) is 0 Å². The molecule has 1 saturated carbocycles. The number of esters is 1. The number of piperidine rings is 1. The number of carbonyl (C=O) groups excluding carboxylic acids is 1. The minimum absolute atomic E-state index is 0.109. The van der Waals surface area contributed by atoms with Gasteiger partial charge in [-0.1, -0.05) is 13.8 Å². The van der Waals surface area contributed by atoms with Crippen molar-refractivity contribution in [2.75, 3.05) is 20.2 Å². The highest BCUT2D eigenvalue weighted by molar-refractivity contribution is 5.93. The molecule has 5 nitrogen and oxygen atoms in total. The fourth-order valence-electron chi connectivity index (χ4n) is 8.84. The first kappa shape index (κ1) is 17.7. The zero-order chi connectivity index (χ0) is 19.6. The predicted octanol–water partition coefficient (Wildman–Crippen LogP) is 2.39. The molecule has 6 aliphatic rings. The second-order valence-corrected chi connectivity index (χ2v) is 10.6. The predicted molar refractivity (Wildman–Crippen MR) is 103 cm³/mol. The van der Waals surface area contributed by atoms with Crippen LogP contribution in [0.1, 0.15) is 52.4 Å². The van der Waals surface area contributed by atoms with Crippen molar-refractivity contribution in [2.24, 2.45) is 28.6 Å². The molecule has 7 atom stereocenters. The van der Waals surface area contributed by atoms with Gasteiger partial charge in [0.1, 0.15) is 5.72 Å². The molecule has 2 aliphatic heterocycles. The minimum Gasteiger partial charge on any atom is -0.466 e. The van der Waals surface area contributed by atoms with Gasteiger partial charge in [-0.15, -0.1) is 0 Å². The smallest absolute Gasteiger partial charge is 0.334 e. The van der Waals surface area contributed by atoms with Gasteiger partial charge in [0, 0.05) is 30.0 Å². The highest BCUT2D eigenvalue weighted by Crippen LogP contribution is 2.78. The Morgan fingerprint density at radius 3 is 2.82 bits per heavy atom. The normalized spacial score (nSPS) is 51.5. The molecule has 1 spiro atoms. The number of aliphatic hydroxyl groups is 2. The van der Waals surface area contributed by atoms with E-state index < -0.39 is 17.2 Å². The third-order valence-electron chi connectivity index (χ3n) is 9.96. The molecule has 28 heavy (non-hydrogen) atoms. The van der Waals surface area contributed by atoms with E-state index in [0.717, 1.165) is 67.5 Å². The molecule has 5 heteroatoms. The lowest BCUT2D eigenvalue weighted by atomic mass is 9.42. The van der Waals surface area contributed by atoms with E-state index >= 15 is 0 Å². The molecule has 4 bridgehead atoms. The van der Waals surface area contributed by atoms with Gasteiger partial charge in [0.2, 0.25) is 0 Å². The fraction of sp³-hybridized carbons (Fsp3) is 0.783. The maximum Gasteiger partial charge on any atom is 0.334 e. The zero-order valence-electron chi connectivity index (χ0n) is 17.1. The van der Waals surface area contributed by atoms with Crippen LogP contribution in [-0.4, -0.2) is 53.1 Å². The van der Waals surface area contributed by atoms with Crippen molar-refractivity contribution in [1.82, 2.24) is 4.90 Å². The summed E-state index contributed by atoms with van der Waals surface area (Å²) in [5.41, 5.74) is 2.60. The summed E-state index contributed by atoms with van der Waals surface area (Å²) in [7, 11) is 1.46. The molecular weight excluding hydrogens is 354 g/mol. The lowest BCUT2D eigenvalue weighted by Crippen LogP contribution is -2.74. The standard InChI is InChI=1S/C23H31NO4/c1-12-10-24-11-13-8-18(25)15-5-4-14-16(20(26)28-3)9-22(19(14)15)21(13,2)7-6-17(12)23(22,24)27/h12-13,17-18,25,27H,4-11H2,1-3H3/t12-,13-,17-,18-,21+,22-,23-/m1/s1. The largest absolute Gasteiger partial charge is 0.466 e. The minimum atomic E-state index is -0.925. The Bertz CT molecular complexity index is 861. The number of allylic oxidation sites excluding steroid dienone is 1. The average molecular weight is 386 g/mol. The van der Waals surface area contributed by atoms with Crippen LogP contribution in [0.2, 0.25) is 0 Å². The SMILES string of the molecule is COC(=O)C1=C2CCC3=C2[C@]2(C1)[C@@]1(C)CC[C@@H]4[C@H](C)CN(C[C@H]1C[C@H]3O)[C@@]42O. The molecule has 4 aliphatic carbocycles. The Labute approximate surface area is 166 Å². The quantitative estimate of drug-likeness (QED) is 0.679. The summed E-state index contributed by atoms with van der Waals surface area (Å²) in [4.78, 5) is 15.1. The van der Waals surface area contributed by atoms with Crippen molar-refractivity contribution in [2.45, 2.75) is 64.2 Å². The highest BCUT2D eigenvalue weighted by Gasteiger charge is 2.79. The van der Waals surface area contributed by atoms with Crippen LogP contribution in [-0.2, 0) is 9.53 Å². The summed E-state index contributed by atoms with van der Waals surface area (Å²) >= 11 is 0. The first-order valence-electron chi connectivity index (χ1n) is 11.0. The third-order valence-corrected chi connectivity index (χ3v) is 9.96. The van der Waals surface area contributed by atoms with Gasteiger partial charge in [0.25, 0.3) is 0 Å². The summed E-state index contributed by atoms with van der Waals surface area (Å²) < 4.78 is 5.18. The van der Waals surface area contributed by atoms with Crippen molar-refractivity contribution < 1.29 is 19.7 Å².